The highest BCUT2D eigenvalue weighted by Crippen LogP contribution is 2.56. The summed E-state index contributed by atoms with van der Waals surface area (Å²) in [6, 6.07) is 91.3. The Morgan fingerprint density at radius 1 is 0.338 bits per heavy atom. The van der Waals surface area contributed by atoms with Crippen molar-refractivity contribution in [1.82, 2.24) is 0 Å². The Morgan fingerprint density at radius 3 is 1.63 bits per heavy atom. The van der Waals surface area contributed by atoms with Crippen LogP contribution in [0.4, 0.5) is 17.1 Å². The van der Waals surface area contributed by atoms with Gasteiger partial charge in [0.05, 0.1) is 11.1 Å². The Balaban J connectivity index is 0.961. The summed E-state index contributed by atoms with van der Waals surface area (Å²) < 4.78 is 9.15. The van der Waals surface area contributed by atoms with Crippen molar-refractivity contribution in [2.75, 3.05) is 4.90 Å². The van der Waals surface area contributed by atoms with Crippen molar-refractivity contribution >= 4 is 81.3 Å². The van der Waals surface area contributed by atoms with E-state index in [9.17, 15) is 0 Å². The fourth-order valence-corrected chi connectivity index (χ4v) is 12.7. The lowest BCUT2D eigenvalue weighted by molar-refractivity contribution is 0.670. The fourth-order valence-electron chi connectivity index (χ4n) is 11.4. The molecule has 0 saturated carbocycles. The number of nitrogens with zero attached hydrogens (tertiary/aromatic N) is 1. The highest BCUT2D eigenvalue weighted by Gasteiger charge is 2.45. The average molecular weight is 884 g/mol. The predicted molar refractivity (Wildman–Crippen MR) is 287 cm³/mol. The zero-order chi connectivity index (χ0) is 44.8. The third kappa shape index (κ3) is 5.70. The normalized spacial score (nSPS) is 12.8. The van der Waals surface area contributed by atoms with Crippen LogP contribution in [0, 0.1) is 0 Å². The van der Waals surface area contributed by atoms with Gasteiger partial charge in [0.25, 0.3) is 0 Å². The summed E-state index contributed by atoms with van der Waals surface area (Å²) >= 11 is 1.88. The number of para-hydroxylation sites is 2. The number of anilines is 3. The maximum Gasteiger partial charge on any atom is 0.143 e. The minimum absolute atomic E-state index is 0.487. The van der Waals surface area contributed by atoms with Crippen molar-refractivity contribution in [3.05, 3.63) is 271 Å². The number of furan rings is 1. The molecule has 13 aromatic rings. The van der Waals surface area contributed by atoms with Gasteiger partial charge < -0.3 is 9.32 Å². The van der Waals surface area contributed by atoms with Crippen LogP contribution >= 0.6 is 11.3 Å². The van der Waals surface area contributed by atoms with Gasteiger partial charge in [0, 0.05) is 58.8 Å². The summed E-state index contributed by atoms with van der Waals surface area (Å²) in [6.07, 6.45) is 0. The van der Waals surface area contributed by atoms with Crippen molar-refractivity contribution in [1.29, 1.82) is 0 Å². The minimum atomic E-state index is -0.487. The Hall–Kier alpha value is -8.50. The molecule has 0 spiro atoms. The molecule has 2 nitrogen and oxygen atoms in total. The van der Waals surface area contributed by atoms with Gasteiger partial charge in [-0.1, -0.05) is 206 Å². The summed E-state index contributed by atoms with van der Waals surface area (Å²) in [7, 11) is 0. The molecule has 0 N–H and O–H groups in total. The number of hydrogen-bond acceptors (Lipinski definition) is 3. The van der Waals surface area contributed by atoms with E-state index in [0.717, 1.165) is 50.1 Å². The maximum absolute atomic E-state index is 6.52. The van der Waals surface area contributed by atoms with Crippen molar-refractivity contribution < 1.29 is 4.42 Å². The van der Waals surface area contributed by atoms with Gasteiger partial charge in [0.1, 0.15) is 11.2 Å². The third-order valence-electron chi connectivity index (χ3n) is 14.4. The zero-order valence-electron chi connectivity index (χ0n) is 36.9. The number of rotatable bonds is 7. The topological polar surface area (TPSA) is 16.4 Å². The van der Waals surface area contributed by atoms with E-state index >= 15 is 0 Å². The first-order valence-corrected chi connectivity index (χ1v) is 24.1. The molecular weight excluding hydrogens is 843 g/mol. The lowest BCUT2D eigenvalue weighted by atomic mass is 9.68. The van der Waals surface area contributed by atoms with Crippen LogP contribution in [0.1, 0.15) is 22.3 Å². The largest absolute Gasteiger partial charge is 0.455 e. The molecule has 0 amide bonds. The summed E-state index contributed by atoms with van der Waals surface area (Å²) in [6.45, 7) is 0. The Bertz CT molecular complexity index is 4040. The highest BCUT2D eigenvalue weighted by atomic mass is 32.1. The quantitative estimate of drug-likeness (QED) is 0.159. The molecule has 0 aliphatic heterocycles. The first kappa shape index (κ1) is 38.7. The summed E-state index contributed by atoms with van der Waals surface area (Å²) in [5.74, 6) is 0. The van der Waals surface area contributed by atoms with E-state index in [1.165, 1.54) is 75.5 Å². The smallest absolute Gasteiger partial charge is 0.143 e. The van der Waals surface area contributed by atoms with Crippen LogP contribution in [0.5, 0.6) is 0 Å². The molecule has 0 bridgehead atoms. The van der Waals surface area contributed by atoms with E-state index in [2.05, 4.69) is 248 Å². The van der Waals surface area contributed by atoms with Crippen molar-refractivity contribution in [2.24, 2.45) is 0 Å². The van der Waals surface area contributed by atoms with Crippen molar-refractivity contribution in [3.8, 4) is 33.4 Å². The molecule has 0 atom stereocenters. The first-order valence-electron chi connectivity index (χ1n) is 23.3. The van der Waals surface area contributed by atoms with E-state index in [-0.39, 0.29) is 0 Å². The monoisotopic (exact) mass is 883 g/mol. The van der Waals surface area contributed by atoms with Crippen molar-refractivity contribution in [2.45, 2.75) is 5.41 Å². The predicted octanol–water partition coefficient (Wildman–Crippen LogP) is 18.3. The Labute approximate surface area is 398 Å². The molecule has 1 aliphatic rings. The van der Waals surface area contributed by atoms with Gasteiger partial charge in [0.15, 0.2) is 0 Å². The molecule has 3 heteroatoms. The molecule has 2 heterocycles. The molecule has 14 rings (SSSR count). The average Bonchev–Trinajstić information content (AvgIpc) is 4.08. The lowest BCUT2D eigenvalue weighted by Gasteiger charge is -2.34. The van der Waals surface area contributed by atoms with Gasteiger partial charge in [-0.05, 0) is 92.4 Å². The molecule has 11 aromatic carbocycles. The van der Waals surface area contributed by atoms with E-state index in [0.29, 0.717) is 0 Å². The van der Waals surface area contributed by atoms with E-state index in [1.54, 1.807) is 0 Å². The summed E-state index contributed by atoms with van der Waals surface area (Å²) in [4.78, 5) is 2.44. The van der Waals surface area contributed by atoms with Gasteiger partial charge in [0.2, 0.25) is 0 Å². The lowest BCUT2D eigenvalue weighted by Crippen LogP contribution is -2.28. The number of benzene rings is 11. The Morgan fingerprint density at radius 2 is 0.882 bits per heavy atom. The van der Waals surface area contributed by atoms with E-state index in [1.807, 2.05) is 17.4 Å². The van der Waals surface area contributed by atoms with Gasteiger partial charge in [-0.15, -0.1) is 11.3 Å². The van der Waals surface area contributed by atoms with Crippen LogP contribution in [-0.2, 0) is 5.41 Å². The van der Waals surface area contributed by atoms with Gasteiger partial charge in [-0.3, -0.25) is 0 Å². The second kappa shape index (κ2) is 15.3. The standard InChI is InChI=1S/C65H41NOS/c1-2-16-43(17-3-1)65(58-28-10-6-19-50(58)51-20-7-11-29-59(51)65)44-34-38-46(39-35-44)66(45-36-32-42(33-37-45)47-24-14-25-55-53-22-8-12-30-61(53)67-63(47)55)60-41-40-49(48-18-4-5-21-52(48)60)56-26-15-27-57-54-23-9-13-31-62(54)68-64(56)57/h1-41H. The van der Waals surface area contributed by atoms with Crippen LogP contribution < -0.4 is 4.90 Å². The SMILES string of the molecule is c1ccc(C2(c3ccc(N(c4ccc(-c5cccc6c5oc5ccccc56)cc4)c4ccc(-c5cccc6c5sc5ccccc56)c5ccccc45)cc3)c3ccccc3-c3ccccc32)cc1. The van der Waals surface area contributed by atoms with Crippen LogP contribution in [0.15, 0.2) is 253 Å². The first-order chi connectivity index (χ1) is 33.7. The molecular formula is C65H41NOS. The molecule has 0 saturated heterocycles. The zero-order valence-corrected chi connectivity index (χ0v) is 37.8. The third-order valence-corrected chi connectivity index (χ3v) is 15.6. The van der Waals surface area contributed by atoms with E-state index < -0.39 is 5.41 Å². The molecule has 68 heavy (non-hydrogen) atoms. The summed E-state index contributed by atoms with van der Waals surface area (Å²) in [5.41, 5.74) is 16.9. The summed E-state index contributed by atoms with van der Waals surface area (Å²) in [5, 5.41) is 7.27. The molecule has 0 unspecified atom stereocenters. The molecule has 0 radical (unpaired) electrons. The van der Waals surface area contributed by atoms with Gasteiger partial charge in [-0.25, -0.2) is 0 Å². The van der Waals surface area contributed by atoms with Gasteiger partial charge >= 0.3 is 0 Å². The molecule has 318 valence electrons. The number of hydrogen-bond donors (Lipinski definition) is 0. The van der Waals surface area contributed by atoms with Gasteiger partial charge in [-0.2, -0.15) is 0 Å². The van der Waals surface area contributed by atoms with Crippen LogP contribution in [0.3, 0.4) is 0 Å². The Kier molecular flexibility index (Phi) is 8.71. The molecule has 2 aromatic heterocycles. The number of thiophene rings is 1. The van der Waals surface area contributed by atoms with Crippen LogP contribution in [0.25, 0.3) is 86.3 Å². The molecule has 1 aliphatic carbocycles. The van der Waals surface area contributed by atoms with E-state index in [4.69, 9.17) is 4.42 Å². The second-order valence-electron chi connectivity index (χ2n) is 17.9. The molecule has 0 fully saturated rings. The number of fused-ring (bicyclic) bond motifs is 10. The maximum atomic E-state index is 6.52. The highest BCUT2D eigenvalue weighted by molar-refractivity contribution is 7.26. The minimum Gasteiger partial charge on any atom is -0.455 e. The van der Waals surface area contributed by atoms with Crippen molar-refractivity contribution in [3.63, 3.8) is 0 Å². The fraction of sp³-hybridized carbons (Fsp3) is 0.0154. The van der Waals surface area contributed by atoms with Crippen LogP contribution in [-0.4, -0.2) is 0 Å². The van der Waals surface area contributed by atoms with Crippen LogP contribution in [0.2, 0.25) is 0 Å². The second-order valence-corrected chi connectivity index (χ2v) is 18.9.